The maximum atomic E-state index is 11.5. The third kappa shape index (κ3) is 2.47. The van der Waals surface area contributed by atoms with Crippen LogP contribution in [0.1, 0.15) is 40.0 Å². The Morgan fingerprint density at radius 2 is 1.71 bits per heavy atom. The van der Waals surface area contributed by atoms with Crippen LogP contribution in [0.3, 0.4) is 0 Å². The molecule has 0 bridgehead atoms. The summed E-state index contributed by atoms with van der Waals surface area (Å²) in [6.07, 6.45) is 1.09. The molecule has 0 heterocycles. The molecule has 4 nitrogen and oxygen atoms in total. The highest BCUT2D eigenvalue weighted by atomic mass is 16.5. The van der Waals surface area contributed by atoms with E-state index in [0.29, 0.717) is 6.42 Å². The standard InChI is InChI=1S/C10H18O4/c1-4-7-14-9(13)10(5-2,6-3)8(11)12/h4-7H2,1-3H3,(H,11,12)/p-1. The average molecular weight is 201 g/mol. The molecule has 0 saturated heterocycles. The fraction of sp³-hybridized carbons (Fsp3) is 0.800. The first-order chi connectivity index (χ1) is 6.55. The van der Waals surface area contributed by atoms with E-state index in [2.05, 4.69) is 0 Å². The van der Waals surface area contributed by atoms with E-state index in [1.807, 2.05) is 6.92 Å². The summed E-state index contributed by atoms with van der Waals surface area (Å²) in [5, 5.41) is 10.9. The van der Waals surface area contributed by atoms with Crippen molar-refractivity contribution >= 4 is 11.9 Å². The minimum Gasteiger partial charge on any atom is -0.549 e. The SMILES string of the molecule is CCCOC(=O)C(CC)(CC)C(=O)[O-]. The van der Waals surface area contributed by atoms with Crippen molar-refractivity contribution in [2.24, 2.45) is 5.41 Å². The molecule has 0 atom stereocenters. The normalized spacial score (nSPS) is 11.1. The van der Waals surface area contributed by atoms with Gasteiger partial charge in [-0.25, -0.2) is 0 Å². The van der Waals surface area contributed by atoms with Gasteiger partial charge in [-0.3, -0.25) is 4.79 Å². The molecule has 0 unspecified atom stereocenters. The number of rotatable bonds is 6. The molecule has 0 N–H and O–H groups in total. The first-order valence-corrected chi connectivity index (χ1v) is 4.93. The Hall–Kier alpha value is -1.06. The van der Waals surface area contributed by atoms with Gasteiger partial charge >= 0.3 is 5.97 Å². The van der Waals surface area contributed by atoms with E-state index < -0.39 is 17.4 Å². The van der Waals surface area contributed by atoms with Gasteiger partial charge in [-0.2, -0.15) is 0 Å². The Balaban J connectivity index is 4.63. The molecule has 0 saturated carbocycles. The zero-order chi connectivity index (χ0) is 11.2. The van der Waals surface area contributed by atoms with Crippen LogP contribution >= 0.6 is 0 Å². The van der Waals surface area contributed by atoms with Crippen LogP contribution in [0.15, 0.2) is 0 Å². The van der Waals surface area contributed by atoms with Gasteiger partial charge in [0.05, 0.1) is 12.6 Å². The van der Waals surface area contributed by atoms with Crippen molar-refractivity contribution in [3.8, 4) is 0 Å². The third-order valence-corrected chi connectivity index (χ3v) is 2.43. The van der Waals surface area contributed by atoms with Gasteiger partial charge in [0.1, 0.15) is 5.41 Å². The highest BCUT2D eigenvalue weighted by molar-refractivity contribution is 5.98. The minimum atomic E-state index is -1.46. The Kier molecular flexibility index (Phi) is 5.20. The maximum absolute atomic E-state index is 11.5. The van der Waals surface area contributed by atoms with Gasteiger partial charge in [-0.15, -0.1) is 0 Å². The lowest BCUT2D eigenvalue weighted by Crippen LogP contribution is -2.48. The van der Waals surface area contributed by atoms with Crippen molar-refractivity contribution in [1.82, 2.24) is 0 Å². The number of carbonyl (C=O) groups excluding carboxylic acids is 2. The van der Waals surface area contributed by atoms with Crippen molar-refractivity contribution in [2.45, 2.75) is 40.0 Å². The number of carboxylic acids is 1. The second kappa shape index (κ2) is 5.62. The summed E-state index contributed by atoms with van der Waals surface area (Å²) in [4.78, 5) is 22.4. The van der Waals surface area contributed by atoms with Crippen LogP contribution in [-0.4, -0.2) is 18.5 Å². The number of ether oxygens (including phenoxy) is 1. The van der Waals surface area contributed by atoms with Gasteiger partial charge in [-0.1, -0.05) is 20.8 Å². The number of hydrogen-bond acceptors (Lipinski definition) is 4. The lowest BCUT2D eigenvalue weighted by Gasteiger charge is -2.29. The van der Waals surface area contributed by atoms with Gasteiger partial charge in [0, 0.05) is 0 Å². The molecule has 0 aromatic rings. The zero-order valence-corrected chi connectivity index (χ0v) is 8.96. The molecule has 0 amide bonds. The monoisotopic (exact) mass is 201 g/mol. The first kappa shape index (κ1) is 12.9. The number of aliphatic carboxylic acids is 1. The van der Waals surface area contributed by atoms with E-state index in [1.54, 1.807) is 13.8 Å². The smallest absolute Gasteiger partial charge is 0.317 e. The van der Waals surface area contributed by atoms with E-state index in [0.717, 1.165) is 0 Å². The topological polar surface area (TPSA) is 66.4 Å². The number of carboxylic acid groups (broad SMARTS) is 1. The molecule has 0 spiro atoms. The number of esters is 1. The van der Waals surface area contributed by atoms with Crippen molar-refractivity contribution in [2.75, 3.05) is 6.61 Å². The highest BCUT2D eigenvalue weighted by Crippen LogP contribution is 2.27. The Morgan fingerprint density at radius 1 is 1.21 bits per heavy atom. The molecule has 4 heteroatoms. The largest absolute Gasteiger partial charge is 0.549 e. The molecule has 0 rings (SSSR count). The van der Waals surface area contributed by atoms with E-state index >= 15 is 0 Å². The fourth-order valence-electron chi connectivity index (χ4n) is 1.24. The van der Waals surface area contributed by atoms with Crippen molar-refractivity contribution in [3.05, 3.63) is 0 Å². The number of carbonyl (C=O) groups is 2. The van der Waals surface area contributed by atoms with Crippen LogP contribution in [0.5, 0.6) is 0 Å². The third-order valence-electron chi connectivity index (χ3n) is 2.43. The van der Waals surface area contributed by atoms with Crippen LogP contribution < -0.4 is 5.11 Å². The molecule has 0 aromatic carbocycles. The fourth-order valence-corrected chi connectivity index (χ4v) is 1.24. The second-order valence-electron chi connectivity index (χ2n) is 3.21. The van der Waals surface area contributed by atoms with Crippen LogP contribution in [0.4, 0.5) is 0 Å². The molecule has 0 aliphatic rings. The zero-order valence-electron chi connectivity index (χ0n) is 8.96. The summed E-state index contributed by atoms with van der Waals surface area (Å²) >= 11 is 0. The van der Waals surface area contributed by atoms with Crippen molar-refractivity contribution < 1.29 is 19.4 Å². The lowest BCUT2D eigenvalue weighted by molar-refractivity contribution is -0.318. The van der Waals surface area contributed by atoms with Gasteiger partial charge in [-0.05, 0) is 19.3 Å². The van der Waals surface area contributed by atoms with Crippen LogP contribution in [-0.2, 0) is 14.3 Å². The molecule has 0 aliphatic carbocycles. The second-order valence-corrected chi connectivity index (χ2v) is 3.21. The van der Waals surface area contributed by atoms with E-state index in [4.69, 9.17) is 4.74 Å². The van der Waals surface area contributed by atoms with E-state index in [9.17, 15) is 14.7 Å². The summed E-state index contributed by atoms with van der Waals surface area (Å²) in [5.41, 5.74) is -1.46. The van der Waals surface area contributed by atoms with Gasteiger partial charge < -0.3 is 14.6 Å². The predicted octanol–water partition coefficient (Wildman–Crippen LogP) is 0.496. The summed E-state index contributed by atoms with van der Waals surface area (Å²) in [6.45, 7) is 5.40. The molecule has 82 valence electrons. The van der Waals surface area contributed by atoms with Crippen LogP contribution in [0, 0.1) is 5.41 Å². The Labute approximate surface area is 84.3 Å². The van der Waals surface area contributed by atoms with Crippen molar-refractivity contribution in [1.29, 1.82) is 0 Å². The highest BCUT2D eigenvalue weighted by Gasteiger charge is 2.38. The molecule has 0 aliphatic heterocycles. The van der Waals surface area contributed by atoms with Gasteiger partial charge in [0.2, 0.25) is 0 Å². The van der Waals surface area contributed by atoms with Gasteiger partial charge in [0.15, 0.2) is 0 Å². The minimum absolute atomic E-state index is 0.203. The number of hydrogen-bond donors (Lipinski definition) is 0. The predicted molar refractivity (Wildman–Crippen MR) is 49.3 cm³/mol. The summed E-state index contributed by atoms with van der Waals surface area (Å²) in [7, 11) is 0. The van der Waals surface area contributed by atoms with Crippen molar-refractivity contribution in [3.63, 3.8) is 0 Å². The maximum Gasteiger partial charge on any atom is 0.317 e. The molecule has 0 fully saturated rings. The van der Waals surface area contributed by atoms with E-state index in [-0.39, 0.29) is 19.4 Å². The Morgan fingerprint density at radius 3 is 2.00 bits per heavy atom. The molecule has 0 radical (unpaired) electrons. The van der Waals surface area contributed by atoms with Crippen LogP contribution in [0.2, 0.25) is 0 Å². The summed E-state index contributed by atoms with van der Waals surface area (Å²) < 4.78 is 4.84. The Bertz CT molecular complexity index is 206. The molecule has 0 aromatic heterocycles. The lowest BCUT2D eigenvalue weighted by atomic mass is 9.82. The quantitative estimate of drug-likeness (QED) is 0.463. The average Bonchev–Trinajstić information content (AvgIpc) is 2.17. The molecule has 14 heavy (non-hydrogen) atoms. The molecular weight excluding hydrogens is 184 g/mol. The van der Waals surface area contributed by atoms with Gasteiger partial charge in [0.25, 0.3) is 0 Å². The van der Waals surface area contributed by atoms with Crippen LogP contribution in [0.25, 0.3) is 0 Å². The van der Waals surface area contributed by atoms with E-state index in [1.165, 1.54) is 0 Å². The first-order valence-electron chi connectivity index (χ1n) is 4.93. The summed E-state index contributed by atoms with van der Waals surface area (Å²) in [6, 6.07) is 0. The summed E-state index contributed by atoms with van der Waals surface area (Å²) in [5.74, 6) is -2.02. The molecular formula is C10H17O4-.